The number of H-pyrrole nitrogens is 1. The van der Waals surface area contributed by atoms with Crippen LogP contribution in [0.15, 0.2) is 12.5 Å². The molecule has 24 heavy (non-hydrogen) atoms. The summed E-state index contributed by atoms with van der Waals surface area (Å²) in [4.78, 5) is 13.8. The number of hydrogen-bond acceptors (Lipinski definition) is 6. The molecule has 0 aliphatic carbocycles. The van der Waals surface area contributed by atoms with Crippen molar-refractivity contribution < 1.29 is 5.11 Å². The Morgan fingerprint density at radius 2 is 2.25 bits per heavy atom. The number of nitrogens with one attached hydrogen (secondary N) is 1. The van der Waals surface area contributed by atoms with E-state index < -0.39 is 0 Å². The first-order valence-electron chi connectivity index (χ1n) is 8.73. The van der Waals surface area contributed by atoms with Crippen LogP contribution in [0.1, 0.15) is 31.7 Å². The summed E-state index contributed by atoms with van der Waals surface area (Å²) in [5.74, 6) is 3.09. The maximum Gasteiger partial charge on any atom is 0.151 e. The molecule has 4 N–H and O–H groups in total. The molecule has 2 aromatic heterocycles. The number of likely N-dealkylation sites (tertiary alicyclic amines) is 1. The standard InChI is InChI=1S/C17H27N5OS/c1-2-3-4-5-24-10-13-8-22(9-14(13)23)7-12-6-19-16-15(12)20-11-21-17(16)18/h6,11,13-14,19,23H,2-5,7-10H2,1H3,(H2,18,20,21)/t13-,14?/m1/s1. The molecule has 1 saturated heterocycles. The van der Waals surface area contributed by atoms with E-state index in [4.69, 9.17) is 5.73 Å². The number of nitrogens with zero attached hydrogens (tertiary/aromatic N) is 3. The van der Waals surface area contributed by atoms with Crippen LogP contribution in [-0.2, 0) is 6.54 Å². The number of aromatic nitrogens is 3. The zero-order valence-electron chi connectivity index (χ0n) is 14.2. The van der Waals surface area contributed by atoms with Crippen LogP contribution in [0, 0.1) is 5.92 Å². The number of hydrogen-bond donors (Lipinski definition) is 3. The Kier molecular flexibility index (Phi) is 5.97. The smallest absolute Gasteiger partial charge is 0.151 e. The van der Waals surface area contributed by atoms with Gasteiger partial charge in [-0.2, -0.15) is 11.8 Å². The van der Waals surface area contributed by atoms with Crippen molar-refractivity contribution in [3.63, 3.8) is 0 Å². The van der Waals surface area contributed by atoms with Gasteiger partial charge in [-0.3, -0.25) is 4.90 Å². The quantitative estimate of drug-likeness (QED) is 0.633. The highest BCUT2D eigenvalue weighted by Crippen LogP contribution is 2.26. The van der Waals surface area contributed by atoms with Crippen molar-refractivity contribution in [2.24, 2.45) is 5.92 Å². The maximum absolute atomic E-state index is 10.3. The molecule has 1 aliphatic rings. The van der Waals surface area contributed by atoms with Gasteiger partial charge >= 0.3 is 0 Å². The Morgan fingerprint density at radius 3 is 3.08 bits per heavy atom. The Bertz CT molecular complexity index is 661. The van der Waals surface area contributed by atoms with Crippen molar-refractivity contribution in [3.8, 4) is 0 Å². The first-order valence-corrected chi connectivity index (χ1v) is 9.89. The summed E-state index contributed by atoms with van der Waals surface area (Å²) in [7, 11) is 0. The number of unbranched alkanes of at least 4 members (excludes halogenated alkanes) is 2. The highest BCUT2D eigenvalue weighted by Gasteiger charge is 2.31. The van der Waals surface area contributed by atoms with Gasteiger partial charge in [0.15, 0.2) is 5.82 Å². The number of rotatable bonds is 8. The van der Waals surface area contributed by atoms with Crippen molar-refractivity contribution in [2.75, 3.05) is 30.3 Å². The Hall–Kier alpha value is -1.31. The van der Waals surface area contributed by atoms with Crippen molar-refractivity contribution in [3.05, 3.63) is 18.1 Å². The summed E-state index contributed by atoms with van der Waals surface area (Å²) < 4.78 is 0. The van der Waals surface area contributed by atoms with E-state index in [1.807, 2.05) is 18.0 Å². The number of thioether (sulfide) groups is 1. The first-order chi connectivity index (χ1) is 11.7. The Morgan fingerprint density at radius 1 is 1.38 bits per heavy atom. The van der Waals surface area contributed by atoms with Gasteiger partial charge in [0.05, 0.1) is 11.6 Å². The largest absolute Gasteiger partial charge is 0.391 e. The zero-order valence-corrected chi connectivity index (χ0v) is 15.1. The molecule has 0 radical (unpaired) electrons. The van der Waals surface area contributed by atoms with Crippen LogP contribution >= 0.6 is 11.8 Å². The Labute approximate surface area is 147 Å². The SMILES string of the molecule is CCCCCSC[C@H]1CN(Cc2c[nH]c3c(N)ncnc23)CC1O. The lowest BCUT2D eigenvalue weighted by Crippen LogP contribution is -2.21. The summed E-state index contributed by atoms with van der Waals surface area (Å²) in [5.41, 5.74) is 8.67. The molecule has 7 heteroatoms. The van der Waals surface area contributed by atoms with Gasteiger partial charge in [-0.1, -0.05) is 19.8 Å². The predicted octanol–water partition coefficient (Wildman–Crippen LogP) is 2.26. The molecule has 1 aliphatic heterocycles. The van der Waals surface area contributed by atoms with Gasteiger partial charge in [-0.15, -0.1) is 0 Å². The van der Waals surface area contributed by atoms with E-state index in [2.05, 4.69) is 26.8 Å². The highest BCUT2D eigenvalue weighted by molar-refractivity contribution is 7.99. The summed E-state index contributed by atoms with van der Waals surface area (Å²) in [6, 6.07) is 0. The third kappa shape index (κ3) is 4.02. The number of fused-ring (bicyclic) bond motifs is 1. The number of anilines is 1. The number of aromatic amines is 1. The maximum atomic E-state index is 10.3. The third-order valence-corrected chi connectivity index (χ3v) is 5.91. The molecule has 2 atom stereocenters. The lowest BCUT2D eigenvalue weighted by molar-refractivity contribution is 0.149. The second-order valence-corrected chi connectivity index (χ2v) is 7.75. The Balaban J connectivity index is 1.54. The topological polar surface area (TPSA) is 91.1 Å². The molecule has 1 fully saturated rings. The molecule has 0 saturated carbocycles. The van der Waals surface area contributed by atoms with E-state index in [-0.39, 0.29) is 6.10 Å². The van der Waals surface area contributed by atoms with E-state index in [0.29, 0.717) is 11.7 Å². The normalized spacial score (nSPS) is 21.8. The summed E-state index contributed by atoms with van der Waals surface area (Å²) in [6.07, 6.45) is 7.08. The van der Waals surface area contributed by atoms with E-state index in [9.17, 15) is 5.11 Å². The van der Waals surface area contributed by atoms with E-state index in [0.717, 1.165) is 42.0 Å². The molecular formula is C17H27N5OS. The minimum absolute atomic E-state index is 0.228. The van der Waals surface area contributed by atoms with Crippen LogP contribution < -0.4 is 5.73 Å². The van der Waals surface area contributed by atoms with Crippen molar-refractivity contribution in [2.45, 2.75) is 38.8 Å². The lowest BCUT2D eigenvalue weighted by atomic mass is 10.1. The first kappa shape index (κ1) is 17.5. The van der Waals surface area contributed by atoms with E-state index >= 15 is 0 Å². The molecule has 0 spiro atoms. The molecule has 0 aromatic carbocycles. The zero-order chi connectivity index (χ0) is 16.9. The summed E-state index contributed by atoms with van der Waals surface area (Å²) >= 11 is 1.98. The monoisotopic (exact) mass is 349 g/mol. The summed E-state index contributed by atoms with van der Waals surface area (Å²) in [5, 5.41) is 10.3. The van der Waals surface area contributed by atoms with Crippen LogP contribution in [-0.4, -0.2) is 55.7 Å². The number of aliphatic hydroxyl groups excluding tert-OH is 1. The highest BCUT2D eigenvalue weighted by atomic mass is 32.2. The predicted molar refractivity (Wildman–Crippen MR) is 99.9 cm³/mol. The van der Waals surface area contributed by atoms with Crippen LogP contribution in [0.2, 0.25) is 0 Å². The average molecular weight is 350 g/mol. The molecule has 0 bridgehead atoms. The van der Waals surface area contributed by atoms with Gasteiger partial charge in [-0.05, 0) is 17.9 Å². The van der Waals surface area contributed by atoms with Crippen molar-refractivity contribution in [1.29, 1.82) is 0 Å². The van der Waals surface area contributed by atoms with Crippen LogP contribution in [0.5, 0.6) is 0 Å². The fourth-order valence-corrected chi connectivity index (χ4v) is 4.50. The van der Waals surface area contributed by atoms with Gasteiger partial charge in [0.1, 0.15) is 11.8 Å². The molecule has 3 rings (SSSR count). The molecule has 0 amide bonds. The van der Waals surface area contributed by atoms with Crippen LogP contribution in [0.25, 0.3) is 11.0 Å². The molecule has 1 unspecified atom stereocenters. The number of nitrogen functional groups attached to an aromatic ring is 1. The average Bonchev–Trinajstić information content (AvgIpc) is 3.13. The van der Waals surface area contributed by atoms with Gasteiger partial charge in [-0.25, -0.2) is 9.97 Å². The van der Waals surface area contributed by atoms with Crippen molar-refractivity contribution in [1.82, 2.24) is 19.9 Å². The minimum Gasteiger partial charge on any atom is -0.391 e. The third-order valence-electron chi connectivity index (χ3n) is 4.67. The lowest BCUT2D eigenvalue weighted by Gasteiger charge is -2.15. The molecule has 132 valence electrons. The molecule has 3 heterocycles. The van der Waals surface area contributed by atoms with Gasteiger partial charge in [0.25, 0.3) is 0 Å². The second-order valence-electron chi connectivity index (χ2n) is 6.60. The number of β-amino-alcohol motifs (C(OH)–C–C–N with tert-alkyl or cyclic N) is 1. The molecular weight excluding hydrogens is 322 g/mol. The van der Waals surface area contributed by atoms with Gasteiger partial charge in [0.2, 0.25) is 0 Å². The number of nitrogens with two attached hydrogens (primary N) is 1. The van der Waals surface area contributed by atoms with Crippen LogP contribution in [0.3, 0.4) is 0 Å². The fourth-order valence-electron chi connectivity index (χ4n) is 3.30. The van der Waals surface area contributed by atoms with E-state index in [1.165, 1.54) is 31.3 Å². The fraction of sp³-hybridized carbons (Fsp3) is 0.647. The van der Waals surface area contributed by atoms with Crippen molar-refractivity contribution >= 4 is 28.6 Å². The van der Waals surface area contributed by atoms with E-state index in [1.54, 1.807) is 0 Å². The minimum atomic E-state index is -0.228. The van der Waals surface area contributed by atoms with Crippen LogP contribution in [0.4, 0.5) is 5.82 Å². The van der Waals surface area contributed by atoms with Gasteiger partial charge < -0.3 is 15.8 Å². The second kappa shape index (κ2) is 8.18. The molecule has 2 aromatic rings. The summed E-state index contributed by atoms with van der Waals surface area (Å²) in [6.45, 7) is 4.68. The van der Waals surface area contributed by atoms with Gasteiger partial charge in [0, 0.05) is 37.3 Å². The molecule has 6 nitrogen and oxygen atoms in total. The number of aliphatic hydroxyl groups is 1.